The van der Waals surface area contributed by atoms with Crippen molar-refractivity contribution in [1.82, 2.24) is 9.88 Å². The topological polar surface area (TPSA) is 59.2 Å². The van der Waals surface area contributed by atoms with Crippen molar-refractivity contribution in [3.8, 4) is 0 Å². The minimum Gasteiger partial charge on any atom is -0.368 e. The van der Waals surface area contributed by atoms with Crippen LogP contribution in [0.5, 0.6) is 0 Å². The van der Waals surface area contributed by atoms with E-state index in [0.717, 1.165) is 25.8 Å². The quantitative estimate of drug-likeness (QED) is 0.868. The van der Waals surface area contributed by atoms with E-state index < -0.39 is 0 Å². The van der Waals surface area contributed by atoms with Gasteiger partial charge in [0.15, 0.2) is 0 Å². The smallest absolute Gasteiger partial charge is 0.234 e. The van der Waals surface area contributed by atoms with Crippen LogP contribution in [0.2, 0.25) is 10.2 Å². The van der Waals surface area contributed by atoms with Gasteiger partial charge in [0.1, 0.15) is 5.15 Å². The molecule has 0 saturated carbocycles. The molecule has 98 valence electrons. The summed E-state index contributed by atoms with van der Waals surface area (Å²) in [5.41, 5.74) is 6.11. The molecule has 0 bridgehead atoms. The van der Waals surface area contributed by atoms with Crippen LogP contribution in [0.1, 0.15) is 25.0 Å². The molecule has 1 unspecified atom stereocenters. The normalized spacial score (nSPS) is 20.9. The zero-order valence-corrected chi connectivity index (χ0v) is 11.4. The third-order valence-corrected chi connectivity index (χ3v) is 3.73. The van der Waals surface area contributed by atoms with Gasteiger partial charge in [-0.1, -0.05) is 29.6 Å². The molecule has 1 atom stereocenters. The van der Waals surface area contributed by atoms with Gasteiger partial charge in [-0.3, -0.25) is 9.69 Å². The molecule has 4 nitrogen and oxygen atoms in total. The molecule has 1 aromatic rings. The van der Waals surface area contributed by atoms with Crippen molar-refractivity contribution in [2.75, 3.05) is 6.54 Å². The van der Waals surface area contributed by atoms with E-state index in [1.165, 1.54) is 0 Å². The van der Waals surface area contributed by atoms with Crippen LogP contribution in [0.25, 0.3) is 0 Å². The van der Waals surface area contributed by atoms with Crippen molar-refractivity contribution in [3.63, 3.8) is 0 Å². The largest absolute Gasteiger partial charge is 0.368 e. The van der Waals surface area contributed by atoms with E-state index in [1.54, 1.807) is 12.1 Å². The lowest BCUT2D eigenvalue weighted by atomic mass is 10.0. The second-order valence-electron chi connectivity index (χ2n) is 4.45. The lowest BCUT2D eigenvalue weighted by molar-refractivity contribution is -0.124. The first-order chi connectivity index (χ1) is 8.58. The molecule has 1 aliphatic rings. The fourth-order valence-corrected chi connectivity index (χ4v) is 2.59. The maximum absolute atomic E-state index is 11.4. The first-order valence-electron chi connectivity index (χ1n) is 5.92. The molecule has 2 heterocycles. The summed E-state index contributed by atoms with van der Waals surface area (Å²) in [6.45, 7) is 1.34. The highest BCUT2D eigenvalue weighted by Gasteiger charge is 2.27. The van der Waals surface area contributed by atoms with Gasteiger partial charge >= 0.3 is 0 Å². The maximum Gasteiger partial charge on any atom is 0.234 e. The van der Waals surface area contributed by atoms with Crippen molar-refractivity contribution < 1.29 is 4.79 Å². The van der Waals surface area contributed by atoms with Gasteiger partial charge in [0.25, 0.3) is 0 Å². The summed E-state index contributed by atoms with van der Waals surface area (Å²) in [5, 5.41) is 0.968. The summed E-state index contributed by atoms with van der Waals surface area (Å²) in [4.78, 5) is 17.6. The number of likely N-dealkylation sites (tertiary alicyclic amines) is 1. The molecule has 1 fully saturated rings. The molecule has 1 saturated heterocycles. The minimum absolute atomic E-state index is 0.226. The summed E-state index contributed by atoms with van der Waals surface area (Å²) < 4.78 is 0. The summed E-state index contributed by atoms with van der Waals surface area (Å²) in [7, 11) is 0. The van der Waals surface area contributed by atoms with Gasteiger partial charge in [-0.2, -0.15) is 0 Å². The molecule has 18 heavy (non-hydrogen) atoms. The number of halogens is 2. The number of piperidine rings is 1. The van der Waals surface area contributed by atoms with E-state index in [9.17, 15) is 4.79 Å². The lowest BCUT2D eigenvalue weighted by Gasteiger charge is -2.33. The molecular formula is C12H15Cl2N3O. The average molecular weight is 288 g/mol. The van der Waals surface area contributed by atoms with Gasteiger partial charge in [0, 0.05) is 6.54 Å². The van der Waals surface area contributed by atoms with E-state index in [0.29, 0.717) is 22.4 Å². The van der Waals surface area contributed by atoms with Crippen LogP contribution in [0.15, 0.2) is 12.1 Å². The third kappa shape index (κ3) is 3.13. The summed E-state index contributed by atoms with van der Waals surface area (Å²) >= 11 is 11.9. The zero-order chi connectivity index (χ0) is 13.1. The Kier molecular flexibility index (Phi) is 4.43. The SMILES string of the molecule is NC(=O)C1CCCCN1Cc1nc(Cl)ccc1Cl. The standard InChI is InChI=1S/C12H15Cl2N3O/c13-8-4-5-11(14)16-9(8)7-17-6-2-1-3-10(17)12(15)18/h4-5,10H,1-3,6-7H2,(H2,15,18). The Morgan fingerprint density at radius 3 is 2.94 bits per heavy atom. The second-order valence-corrected chi connectivity index (χ2v) is 5.24. The number of aromatic nitrogens is 1. The molecular weight excluding hydrogens is 273 g/mol. The summed E-state index contributed by atoms with van der Waals surface area (Å²) in [5.74, 6) is -0.284. The van der Waals surface area contributed by atoms with Crippen LogP contribution in [0, 0.1) is 0 Å². The Bertz CT molecular complexity index is 453. The van der Waals surface area contributed by atoms with Gasteiger partial charge < -0.3 is 5.73 Å². The number of hydrogen-bond donors (Lipinski definition) is 1. The predicted octanol–water partition coefficient (Wildman–Crippen LogP) is 2.23. The first kappa shape index (κ1) is 13.6. The van der Waals surface area contributed by atoms with Gasteiger partial charge in [-0.25, -0.2) is 4.98 Å². The molecule has 0 aromatic carbocycles. The van der Waals surface area contributed by atoms with Gasteiger partial charge in [0.2, 0.25) is 5.91 Å². The zero-order valence-electron chi connectivity index (χ0n) is 9.90. The molecule has 1 aromatic heterocycles. The van der Waals surface area contributed by atoms with E-state index in [4.69, 9.17) is 28.9 Å². The molecule has 2 N–H and O–H groups in total. The van der Waals surface area contributed by atoms with Crippen molar-refractivity contribution >= 4 is 29.1 Å². The van der Waals surface area contributed by atoms with E-state index in [2.05, 4.69) is 4.98 Å². The number of nitrogens with two attached hydrogens (primary N) is 1. The molecule has 1 aliphatic heterocycles. The Balaban J connectivity index is 2.15. The van der Waals surface area contributed by atoms with Gasteiger partial charge in [0.05, 0.1) is 16.8 Å². The number of amides is 1. The van der Waals surface area contributed by atoms with Crippen LogP contribution < -0.4 is 5.73 Å². The predicted molar refractivity (Wildman–Crippen MR) is 71.5 cm³/mol. The van der Waals surface area contributed by atoms with Crippen LogP contribution in [0.4, 0.5) is 0 Å². The van der Waals surface area contributed by atoms with Crippen molar-refractivity contribution in [3.05, 3.63) is 28.0 Å². The molecule has 2 rings (SSSR count). The van der Waals surface area contributed by atoms with E-state index in [1.807, 2.05) is 4.90 Å². The van der Waals surface area contributed by atoms with Crippen LogP contribution in [-0.2, 0) is 11.3 Å². The Morgan fingerprint density at radius 2 is 2.22 bits per heavy atom. The molecule has 1 amide bonds. The number of nitrogens with zero attached hydrogens (tertiary/aromatic N) is 2. The van der Waals surface area contributed by atoms with Gasteiger partial charge in [-0.15, -0.1) is 0 Å². The fourth-order valence-electron chi connectivity index (χ4n) is 2.26. The average Bonchev–Trinajstić information content (AvgIpc) is 2.34. The molecule has 6 heteroatoms. The van der Waals surface area contributed by atoms with Crippen molar-refractivity contribution in [2.24, 2.45) is 5.73 Å². The lowest BCUT2D eigenvalue weighted by Crippen LogP contribution is -2.47. The summed E-state index contributed by atoms with van der Waals surface area (Å²) in [6, 6.07) is 3.14. The Morgan fingerprint density at radius 1 is 1.44 bits per heavy atom. The molecule has 0 aliphatic carbocycles. The molecule has 0 radical (unpaired) electrons. The Hall–Kier alpha value is -0.840. The van der Waals surface area contributed by atoms with Crippen molar-refractivity contribution in [1.29, 1.82) is 0 Å². The second kappa shape index (κ2) is 5.87. The van der Waals surface area contributed by atoms with E-state index in [-0.39, 0.29) is 11.9 Å². The minimum atomic E-state index is -0.284. The first-order valence-corrected chi connectivity index (χ1v) is 6.68. The molecule has 0 spiro atoms. The van der Waals surface area contributed by atoms with Crippen LogP contribution in [-0.4, -0.2) is 28.4 Å². The highest BCUT2D eigenvalue weighted by molar-refractivity contribution is 6.32. The third-order valence-electron chi connectivity index (χ3n) is 3.18. The monoisotopic (exact) mass is 287 g/mol. The number of primary amides is 1. The number of pyridine rings is 1. The van der Waals surface area contributed by atoms with Gasteiger partial charge in [-0.05, 0) is 31.5 Å². The van der Waals surface area contributed by atoms with Crippen LogP contribution >= 0.6 is 23.2 Å². The number of carbonyl (C=O) groups excluding carboxylic acids is 1. The fraction of sp³-hybridized carbons (Fsp3) is 0.500. The highest BCUT2D eigenvalue weighted by atomic mass is 35.5. The van der Waals surface area contributed by atoms with Crippen LogP contribution in [0.3, 0.4) is 0 Å². The number of hydrogen-bond acceptors (Lipinski definition) is 3. The van der Waals surface area contributed by atoms with E-state index >= 15 is 0 Å². The number of carbonyl (C=O) groups is 1. The number of rotatable bonds is 3. The van der Waals surface area contributed by atoms with Crippen molar-refractivity contribution in [2.45, 2.75) is 31.8 Å². The summed E-state index contributed by atoms with van der Waals surface area (Å²) in [6.07, 6.45) is 2.89. The highest BCUT2D eigenvalue weighted by Crippen LogP contribution is 2.23. The Labute approximate surface area is 116 Å². The maximum atomic E-state index is 11.4.